The summed E-state index contributed by atoms with van der Waals surface area (Å²) in [7, 11) is 0. The number of aliphatic hydroxyl groups is 1. The Morgan fingerprint density at radius 1 is 1.29 bits per heavy atom. The quantitative estimate of drug-likeness (QED) is 0.741. The van der Waals surface area contributed by atoms with Crippen LogP contribution in [0.2, 0.25) is 0 Å². The predicted octanol–water partition coefficient (Wildman–Crippen LogP) is 1.60. The minimum absolute atomic E-state index is 0.120. The van der Waals surface area contributed by atoms with Crippen molar-refractivity contribution in [3.8, 4) is 0 Å². The number of aliphatic hydroxyl groups excluding tert-OH is 1. The highest BCUT2D eigenvalue weighted by atomic mass is 16.3. The number of nitrogens with zero attached hydrogens (tertiary/aromatic N) is 1. The molecule has 1 aliphatic heterocycles. The topological polar surface area (TPSA) is 49.5 Å². The molecule has 3 unspecified atom stereocenters. The van der Waals surface area contributed by atoms with Gasteiger partial charge in [-0.1, -0.05) is 13.3 Å². The van der Waals surface area contributed by atoms with E-state index in [2.05, 4.69) is 11.8 Å². The van der Waals surface area contributed by atoms with Crippen LogP contribution in [0.5, 0.6) is 0 Å². The Bertz CT molecular complexity index is 228. The Morgan fingerprint density at radius 3 is 2.47 bits per heavy atom. The fraction of sp³-hybridized carbons (Fsp3) is 1.00. The zero-order chi connectivity index (χ0) is 12.3. The summed E-state index contributed by atoms with van der Waals surface area (Å²) in [6, 6.07) is 0. The summed E-state index contributed by atoms with van der Waals surface area (Å²) in [6.07, 6.45) is 7.31. The van der Waals surface area contributed by atoms with Crippen molar-refractivity contribution in [2.24, 2.45) is 17.6 Å². The molecule has 3 nitrogen and oxygen atoms in total. The van der Waals surface area contributed by atoms with Crippen LogP contribution in [0.4, 0.5) is 0 Å². The third-order valence-electron chi connectivity index (χ3n) is 4.97. The molecule has 1 aliphatic carbocycles. The Morgan fingerprint density at radius 2 is 1.94 bits per heavy atom. The summed E-state index contributed by atoms with van der Waals surface area (Å²) in [4.78, 5) is 2.61. The van der Waals surface area contributed by atoms with Crippen LogP contribution in [-0.4, -0.2) is 41.8 Å². The maximum absolute atomic E-state index is 9.27. The van der Waals surface area contributed by atoms with Gasteiger partial charge in [0.15, 0.2) is 0 Å². The lowest BCUT2D eigenvalue weighted by Gasteiger charge is -2.26. The molecule has 0 bridgehead atoms. The maximum atomic E-state index is 9.27. The standard InChI is InChI=1S/C14H28N2O/c1-2-14(15,11-17)7-4-8-16-9-12-5-3-6-13(12)10-16/h12-13,17H,2-11,15H2,1H3. The molecule has 3 atom stereocenters. The summed E-state index contributed by atoms with van der Waals surface area (Å²) in [6.45, 7) is 5.98. The van der Waals surface area contributed by atoms with Gasteiger partial charge in [0.05, 0.1) is 6.61 Å². The average Bonchev–Trinajstić information content (AvgIpc) is 2.89. The van der Waals surface area contributed by atoms with Gasteiger partial charge in [0.25, 0.3) is 0 Å². The van der Waals surface area contributed by atoms with Crippen molar-refractivity contribution in [3.63, 3.8) is 0 Å². The Labute approximate surface area is 105 Å². The molecule has 1 heterocycles. The summed E-state index contributed by atoms with van der Waals surface area (Å²) in [5.41, 5.74) is 5.77. The van der Waals surface area contributed by atoms with E-state index >= 15 is 0 Å². The van der Waals surface area contributed by atoms with Gasteiger partial charge in [0.1, 0.15) is 0 Å². The molecular formula is C14H28N2O. The highest BCUT2D eigenvalue weighted by Gasteiger charge is 2.35. The van der Waals surface area contributed by atoms with Crippen LogP contribution in [0.1, 0.15) is 45.4 Å². The van der Waals surface area contributed by atoms with E-state index in [1.807, 2.05) is 0 Å². The zero-order valence-corrected chi connectivity index (χ0v) is 11.2. The second kappa shape index (κ2) is 5.68. The number of nitrogens with two attached hydrogens (primary N) is 1. The molecule has 1 saturated carbocycles. The van der Waals surface area contributed by atoms with E-state index in [1.165, 1.54) is 38.9 Å². The Kier molecular flexibility index (Phi) is 4.45. The molecule has 3 heteroatoms. The third kappa shape index (κ3) is 3.21. The Hall–Kier alpha value is -0.120. The lowest BCUT2D eigenvalue weighted by atomic mass is 9.92. The van der Waals surface area contributed by atoms with Crippen LogP contribution >= 0.6 is 0 Å². The van der Waals surface area contributed by atoms with Crippen molar-refractivity contribution in [1.82, 2.24) is 4.90 Å². The van der Waals surface area contributed by atoms with E-state index in [9.17, 15) is 5.11 Å². The normalized spacial score (nSPS) is 32.6. The highest BCUT2D eigenvalue weighted by molar-refractivity contribution is 4.89. The Balaban J connectivity index is 1.66. The van der Waals surface area contributed by atoms with Gasteiger partial charge in [0, 0.05) is 18.6 Å². The first-order valence-corrected chi connectivity index (χ1v) is 7.29. The smallest absolute Gasteiger partial charge is 0.0611 e. The number of hydrogen-bond donors (Lipinski definition) is 2. The lowest BCUT2D eigenvalue weighted by molar-refractivity contribution is 0.174. The predicted molar refractivity (Wildman–Crippen MR) is 70.8 cm³/mol. The van der Waals surface area contributed by atoms with Crippen molar-refractivity contribution >= 4 is 0 Å². The SMILES string of the molecule is CCC(N)(CO)CCCN1CC2CCCC2C1. The lowest BCUT2D eigenvalue weighted by Crippen LogP contribution is -2.43. The average molecular weight is 240 g/mol. The van der Waals surface area contributed by atoms with E-state index in [-0.39, 0.29) is 12.1 Å². The van der Waals surface area contributed by atoms with Gasteiger partial charge < -0.3 is 15.7 Å². The molecule has 3 N–H and O–H groups in total. The first-order chi connectivity index (χ1) is 8.17. The molecule has 100 valence electrons. The van der Waals surface area contributed by atoms with Gasteiger partial charge in [-0.3, -0.25) is 0 Å². The van der Waals surface area contributed by atoms with Crippen molar-refractivity contribution < 1.29 is 5.11 Å². The van der Waals surface area contributed by atoms with Crippen LogP contribution in [0.3, 0.4) is 0 Å². The molecule has 0 aromatic carbocycles. The zero-order valence-electron chi connectivity index (χ0n) is 11.2. The van der Waals surface area contributed by atoms with Crippen molar-refractivity contribution in [3.05, 3.63) is 0 Å². The van der Waals surface area contributed by atoms with Gasteiger partial charge in [-0.2, -0.15) is 0 Å². The first-order valence-electron chi connectivity index (χ1n) is 7.29. The van der Waals surface area contributed by atoms with Gasteiger partial charge in [-0.15, -0.1) is 0 Å². The highest BCUT2D eigenvalue weighted by Crippen LogP contribution is 2.37. The van der Waals surface area contributed by atoms with Crippen LogP contribution in [0, 0.1) is 11.8 Å². The second-order valence-corrected chi connectivity index (χ2v) is 6.19. The van der Waals surface area contributed by atoms with Crippen LogP contribution in [0.15, 0.2) is 0 Å². The number of rotatable bonds is 6. The van der Waals surface area contributed by atoms with E-state index < -0.39 is 0 Å². The number of hydrogen-bond acceptors (Lipinski definition) is 3. The largest absolute Gasteiger partial charge is 0.394 e. The van der Waals surface area contributed by atoms with Crippen molar-refractivity contribution in [2.45, 2.75) is 51.0 Å². The molecule has 0 aromatic heterocycles. The third-order valence-corrected chi connectivity index (χ3v) is 4.97. The molecule has 1 saturated heterocycles. The van der Waals surface area contributed by atoms with Gasteiger partial charge >= 0.3 is 0 Å². The maximum Gasteiger partial charge on any atom is 0.0611 e. The molecule has 0 aromatic rings. The minimum Gasteiger partial charge on any atom is -0.394 e. The fourth-order valence-electron chi connectivity index (χ4n) is 3.54. The van der Waals surface area contributed by atoms with Crippen molar-refractivity contribution in [1.29, 1.82) is 0 Å². The fourth-order valence-corrected chi connectivity index (χ4v) is 3.54. The second-order valence-electron chi connectivity index (χ2n) is 6.19. The number of fused-ring (bicyclic) bond motifs is 1. The molecule has 0 radical (unpaired) electrons. The van der Waals surface area contributed by atoms with Crippen molar-refractivity contribution in [2.75, 3.05) is 26.2 Å². The van der Waals surface area contributed by atoms with E-state index in [0.29, 0.717) is 0 Å². The van der Waals surface area contributed by atoms with Gasteiger partial charge in [-0.25, -0.2) is 0 Å². The molecule has 0 amide bonds. The summed E-state index contributed by atoms with van der Waals surface area (Å²) in [5, 5.41) is 9.27. The van der Waals surface area contributed by atoms with Crippen LogP contribution in [0.25, 0.3) is 0 Å². The van der Waals surface area contributed by atoms with Crippen LogP contribution < -0.4 is 5.73 Å². The summed E-state index contributed by atoms with van der Waals surface area (Å²) >= 11 is 0. The minimum atomic E-state index is -0.338. The monoisotopic (exact) mass is 240 g/mol. The molecule has 2 fully saturated rings. The summed E-state index contributed by atoms with van der Waals surface area (Å²) in [5.74, 6) is 1.98. The number of likely N-dealkylation sites (tertiary alicyclic amines) is 1. The molecule has 0 spiro atoms. The molecule has 17 heavy (non-hydrogen) atoms. The summed E-state index contributed by atoms with van der Waals surface area (Å²) < 4.78 is 0. The molecule has 2 aliphatic rings. The van der Waals surface area contributed by atoms with E-state index in [4.69, 9.17) is 5.73 Å². The first kappa shape index (κ1) is 13.3. The van der Waals surface area contributed by atoms with Crippen LogP contribution in [-0.2, 0) is 0 Å². The molecular weight excluding hydrogens is 212 g/mol. The van der Waals surface area contributed by atoms with E-state index in [0.717, 1.165) is 31.1 Å². The van der Waals surface area contributed by atoms with Gasteiger partial charge in [0.2, 0.25) is 0 Å². The molecule has 2 rings (SSSR count). The van der Waals surface area contributed by atoms with E-state index in [1.54, 1.807) is 0 Å². The van der Waals surface area contributed by atoms with Gasteiger partial charge in [-0.05, 0) is 50.5 Å².